The Balaban J connectivity index is 4.28. The van der Waals surface area contributed by atoms with E-state index in [-0.39, 0.29) is 12.8 Å². The third-order valence-corrected chi connectivity index (χ3v) is 2.71. The second-order valence-electron chi connectivity index (χ2n) is 4.31. The summed E-state index contributed by atoms with van der Waals surface area (Å²) in [5.41, 5.74) is 0. The maximum absolute atomic E-state index is 11.8. The molecule has 1 atom stereocenters. The fraction of sp³-hybridized carbons (Fsp3) is 0.615. The van der Waals surface area contributed by atoms with Crippen molar-refractivity contribution in [2.75, 3.05) is 20.7 Å². The van der Waals surface area contributed by atoms with E-state index in [0.29, 0.717) is 6.54 Å². The summed E-state index contributed by atoms with van der Waals surface area (Å²) in [5.74, 6) is -1.69. The number of carboxylic acid groups (broad SMARTS) is 1. The first-order valence-electron chi connectivity index (χ1n) is 6.34. The lowest BCUT2D eigenvalue weighted by Gasteiger charge is -2.21. The number of carbonyl (C=O) groups is 3. The fourth-order valence-electron chi connectivity index (χ4n) is 1.46. The monoisotopic (exact) mass is 286 g/mol. The number of rotatable bonds is 9. The molecule has 0 saturated heterocycles. The molecule has 2 N–H and O–H groups in total. The molecule has 7 nitrogen and oxygen atoms in total. The van der Waals surface area contributed by atoms with Crippen LogP contribution in [0.4, 0.5) is 4.79 Å². The maximum atomic E-state index is 11.8. The van der Waals surface area contributed by atoms with E-state index in [9.17, 15) is 14.4 Å². The van der Waals surface area contributed by atoms with Crippen molar-refractivity contribution >= 4 is 18.0 Å². The first kappa shape index (κ1) is 17.9. The lowest BCUT2D eigenvalue weighted by Crippen LogP contribution is -2.47. The van der Waals surface area contributed by atoms with Gasteiger partial charge in [-0.25, -0.2) is 9.59 Å². The molecule has 0 aromatic carbocycles. The largest absolute Gasteiger partial charge is 0.480 e. The Morgan fingerprint density at radius 2 is 2.10 bits per heavy atom. The number of hydrogen-bond acceptors (Lipinski definition) is 4. The number of carboxylic acids is 1. The van der Waals surface area contributed by atoms with Crippen molar-refractivity contribution in [1.29, 1.82) is 0 Å². The van der Waals surface area contributed by atoms with E-state index in [1.54, 1.807) is 13.1 Å². The SMILES string of the molecule is C=CCCCN(C)C(=O)N[C@H](CCC(=O)OC)C(=O)O. The molecule has 0 aliphatic carbocycles. The predicted octanol–water partition coefficient (Wildman–Crippen LogP) is 1.00. The Hall–Kier alpha value is -2.05. The first-order chi connectivity index (χ1) is 9.42. The second-order valence-corrected chi connectivity index (χ2v) is 4.31. The summed E-state index contributed by atoms with van der Waals surface area (Å²) >= 11 is 0. The van der Waals surface area contributed by atoms with Gasteiger partial charge in [0.15, 0.2) is 0 Å². The first-order valence-corrected chi connectivity index (χ1v) is 6.34. The minimum Gasteiger partial charge on any atom is -0.480 e. The van der Waals surface area contributed by atoms with E-state index < -0.39 is 24.0 Å². The van der Waals surface area contributed by atoms with Crippen molar-refractivity contribution < 1.29 is 24.2 Å². The van der Waals surface area contributed by atoms with Gasteiger partial charge in [0.2, 0.25) is 0 Å². The summed E-state index contributed by atoms with van der Waals surface area (Å²) in [4.78, 5) is 35.2. The van der Waals surface area contributed by atoms with E-state index in [4.69, 9.17) is 5.11 Å². The van der Waals surface area contributed by atoms with Gasteiger partial charge >= 0.3 is 18.0 Å². The van der Waals surface area contributed by atoms with Crippen LogP contribution in [0.25, 0.3) is 0 Å². The van der Waals surface area contributed by atoms with Crippen LogP contribution < -0.4 is 5.32 Å². The number of esters is 1. The zero-order valence-corrected chi connectivity index (χ0v) is 11.9. The van der Waals surface area contributed by atoms with Crippen molar-refractivity contribution in [2.24, 2.45) is 0 Å². The molecule has 0 unspecified atom stereocenters. The lowest BCUT2D eigenvalue weighted by molar-refractivity contribution is -0.142. The van der Waals surface area contributed by atoms with Gasteiger partial charge in [-0.15, -0.1) is 6.58 Å². The Morgan fingerprint density at radius 3 is 2.60 bits per heavy atom. The zero-order chi connectivity index (χ0) is 15.5. The van der Waals surface area contributed by atoms with E-state index in [1.165, 1.54) is 12.0 Å². The van der Waals surface area contributed by atoms with E-state index in [0.717, 1.165) is 12.8 Å². The highest BCUT2D eigenvalue weighted by molar-refractivity contribution is 5.83. The molecule has 0 fully saturated rings. The van der Waals surface area contributed by atoms with Crippen LogP contribution in [0.2, 0.25) is 0 Å². The quantitative estimate of drug-likeness (QED) is 0.374. The minimum absolute atomic E-state index is 0.00571. The summed E-state index contributed by atoms with van der Waals surface area (Å²) in [7, 11) is 2.81. The van der Waals surface area contributed by atoms with Crippen molar-refractivity contribution in [2.45, 2.75) is 31.7 Å². The Bertz CT molecular complexity index is 357. The van der Waals surface area contributed by atoms with E-state index in [1.807, 2.05) is 0 Å². The number of urea groups is 1. The van der Waals surface area contributed by atoms with Gasteiger partial charge in [0.25, 0.3) is 0 Å². The molecule has 0 aromatic heterocycles. The van der Waals surface area contributed by atoms with Crippen molar-refractivity contribution in [3.63, 3.8) is 0 Å². The van der Waals surface area contributed by atoms with Crippen molar-refractivity contribution in [3.8, 4) is 0 Å². The summed E-state index contributed by atoms with van der Waals surface area (Å²) in [6.07, 6.45) is 3.22. The summed E-state index contributed by atoms with van der Waals surface area (Å²) < 4.78 is 4.43. The molecule has 20 heavy (non-hydrogen) atoms. The predicted molar refractivity (Wildman–Crippen MR) is 73.3 cm³/mol. The fourth-order valence-corrected chi connectivity index (χ4v) is 1.46. The minimum atomic E-state index is -1.18. The summed E-state index contributed by atoms with van der Waals surface area (Å²) in [5, 5.41) is 11.4. The van der Waals surface area contributed by atoms with Gasteiger partial charge in [0.1, 0.15) is 6.04 Å². The molecule has 0 heterocycles. The molecule has 0 aliphatic heterocycles. The summed E-state index contributed by atoms with van der Waals surface area (Å²) in [6, 6.07) is -1.59. The number of nitrogens with one attached hydrogen (secondary N) is 1. The zero-order valence-electron chi connectivity index (χ0n) is 11.9. The van der Waals surface area contributed by atoms with Gasteiger partial charge in [-0.3, -0.25) is 4.79 Å². The Labute approximate surface area is 118 Å². The molecule has 0 aromatic rings. The van der Waals surface area contributed by atoms with Gasteiger partial charge in [0.05, 0.1) is 7.11 Å². The van der Waals surface area contributed by atoms with Crippen molar-refractivity contribution in [1.82, 2.24) is 10.2 Å². The molecule has 0 bridgehead atoms. The highest BCUT2D eigenvalue weighted by atomic mass is 16.5. The number of aliphatic carboxylic acids is 1. The van der Waals surface area contributed by atoms with Crippen LogP contribution in [-0.4, -0.2) is 54.7 Å². The topological polar surface area (TPSA) is 95.9 Å². The van der Waals surface area contributed by atoms with Crippen LogP contribution in [0, 0.1) is 0 Å². The third-order valence-electron chi connectivity index (χ3n) is 2.71. The molecular weight excluding hydrogens is 264 g/mol. The summed E-state index contributed by atoms with van der Waals surface area (Å²) in [6.45, 7) is 4.08. The molecule has 0 saturated carbocycles. The molecule has 7 heteroatoms. The number of carbonyl (C=O) groups excluding carboxylic acids is 2. The van der Waals surface area contributed by atoms with Gasteiger partial charge in [-0.2, -0.15) is 0 Å². The van der Waals surface area contributed by atoms with Crippen LogP contribution in [0.15, 0.2) is 12.7 Å². The van der Waals surface area contributed by atoms with Crippen molar-refractivity contribution in [3.05, 3.63) is 12.7 Å². The van der Waals surface area contributed by atoms with Gasteiger partial charge in [-0.05, 0) is 19.3 Å². The van der Waals surface area contributed by atoms with Gasteiger partial charge in [0, 0.05) is 20.0 Å². The number of unbranched alkanes of at least 4 members (excludes halogenated alkanes) is 1. The number of methoxy groups -OCH3 is 1. The molecule has 0 rings (SSSR count). The third kappa shape index (κ3) is 7.40. The van der Waals surface area contributed by atoms with E-state index in [2.05, 4.69) is 16.6 Å². The van der Waals surface area contributed by atoms with Crippen LogP contribution in [0.3, 0.4) is 0 Å². The second kappa shape index (κ2) is 9.82. The molecule has 114 valence electrons. The highest BCUT2D eigenvalue weighted by Crippen LogP contribution is 2.01. The Morgan fingerprint density at radius 1 is 1.45 bits per heavy atom. The lowest BCUT2D eigenvalue weighted by atomic mass is 10.1. The average Bonchev–Trinajstić information content (AvgIpc) is 2.42. The standard InChI is InChI=1S/C13H22N2O5/c1-4-5-6-9-15(2)13(19)14-10(12(17)18)7-8-11(16)20-3/h4,10H,1,5-9H2,2-3H3,(H,14,19)(H,17,18)/t10-/m1/s1. The van der Waals surface area contributed by atoms with Crippen LogP contribution in [-0.2, 0) is 14.3 Å². The van der Waals surface area contributed by atoms with Gasteiger partial charge in [-0.1, -0.05) is 6.08 Å². The van der Waals surface area contributed by atoms with Crippen LogP contribution >= 0.6 is 0 Å². The van der Waals surface area contributed by atoms with Crippen LogP contribution in [0.1, 0.15) is 25.7 Å². The highest BCUT2D eigenvalue weighted by Gasteiger charge is 2.22. The molecule has 0 spiro atoms. The molecular formula is C13H22N2O5. The Kier molecular flexibility index (Phi) is 8.82. The number of nitrogens with zero attached hydrogens (tertiary/aromatic N) is 1. The number of amides is 2. The smallest absolute Gasteiger partial charge is 0.326 e. The maximum Gasteiger partial charge on any atom is 0.326 e. The molecule has 0 radical (unpaired) electrons. The average molecular weight is 286 g/mol. The molecule has 0 aliphatic rings. The van der Waals surface area contributed by atoms with Gasteiger partial charge < -0.3 is 20.1 Å². The normalized spacial score (nSPS) is 11.3. The number of allylic oxidation sites excluding steroid dienone is 1. The van der Waals surface area contributed by atoms with E-state index >= 15 is 0 Å². The number of hydrogen-bond donors (Lipinski definition) is 2. The molecule has 2 amide bonds. The number of ether oxygens (including phenoxy) is 1. The van der Waals surface area contributed by atoms with Crippen LogP contribution in [0.5, 0.6) is 0 Å².